The van der Waals surface area contributed by atoms with Crippen LogP contribution in [0.1, 0.15) is 18.1 Å². The van der Waals surface area contributed by atoms with Gasteiger partial charge in [-0.1, -0.05) is 19.1 Å². The van der Waals surface area contributed by atoms with Crippen LogP contribution < -0.4 is 5.32 Å². The Bertz CT molecular complexity index is 444. The van der Waals surface area contributed by atoms with Gasteiger partial charge in [-0.25, -0.2) is 0 Å². The Kier molecular flexibility index (Phi) is 5.41. The van der Waals surface area contributed by atoms with Crippen LogP contribution in [0.3, 0.4) is 0 Å². The topological polar surface area (TPSA) is 95.6 Å². The molecule has 0 heterocycles. The highest BCUT2D eigenvalue weighted by atomic mass is 16.6. The summed E-state index contributed by atoms with van der Waals surface area (Å²) >= 11 is 0. The predicted octanol–water partition coefficient (Wildman–Crippen LogP) is 0.984. The lowest BCUT2D eigenvalue weighted by Crippen LogP contribution is -2.37. The van der Waals surface area contributed by atoms with E-state index in [9.17, 15) is 10.1 Å². The standard InChI is InChI=1S/C13H20N2O4/c1-10-11(4-3-5-12(10)15(18)19)6-14-7-13(2,8-16)9-17/h3-5,14,16-17H,6-9H2,1-2H3. The number of nitro benzene ring substituents is 1. The number of nitrogens with one attached hydrogen (secondary N) is 1. The second kappa shape index (κ2) is 6.60. The Labute approximate surface area is 112 Å². The maximum atomic E-state index is 10.8. The molecule has 0 fully saturated rings. The first kappa shape index (κ1) is 15.6. The third kappa shape index (κ3) is 3.99. The predicted molar refractivity (Wildman–Crippen MR) is 71.8 cm³/mol. The molecule has 106 valence electrons. The van der Waals surface area contributed by atoms with Crippen molar-refractivity contribution in [2.24, 2.45) is 5.41 Å². The van der Waals surface area contributed by atoms with Gasteiger partial charge in [-0.2, -0.15) is 0 Å². The number of aliphatic hydroxyl groups is 2. The molecule has 0 atom stereocenters. The van der Waals surface area contributed by atoms with Crippen LogP contribution in [0.2, 0.25) is 0 Å². The summed E-state index contributed by atoms with van der Waals surface area (Å²) < 4.78 is 0. The number of nitro groups is 1. The summed E-state index contributed by atoms with van der Waals surface area (Å²) in [5, 5.41) is 32.3. The average Bonchev–Trinajstić information content (AvgIpc) is 2.40. The lowest BCUT2D eigenvalue weighted by molar-refractivity contribution is -0.385. The molecular formula is C13H20N2O4. The van der Waals surface area contributed by atoms with E-state index in [4.69, 9.17) is 10.2 Å². The molecule has 0 aliphatic carbocycles. The molecule has 0 saturated heterocycles. The average molecular weight is 268 g/mol. The molecule has 0 aromatic heterocycles. The van der Waals surface area contributed by atoms with E-state index in [1.807, 2.05) is 6.07 Å². The highest BCUT2D eigenvalue weighted by molar-refractivity contribution is 5.44. The zero-order chi connectivity index (χ0) is 14.5. The normalized spacial score (nSPS) is 11.6. The van der Waals surface area contributed by atoms with Gasteiger partial charge < -0.3 is 15.5 Å². The quantitative estimate of drug-likeness (QED) is 0.506. The SMILES string of the molecule is Cc1c(CNCC(C)(CO)CO)cccc1[N+](=O)[O-]. The van der Waals surface area contributed by atoms with Crippen molar-refractivity contribution in [3.8, 4) is 0 Å². The van der Waals surface area contributed by atoms with E-state index in [1.165, 1.54) is 6.07 Å². The largest absolute Gasteiger partial charge is 0.396 e. The summed E-state index contributed by atoms with van der Waals surface area (Å²) in [5.41, 5.74) is 0.989. The molecule has 3 N–H and O–H groups in total. The molecule has 0 bridgehead atoms. The summed E-state index contributed by atoms with van der Waals surface area (Å²) in [6.45, 7) is 4.13. The second-order valence-electron chi connectivity index (χ2n) is 5.05. The molecule has 0 aliphatic rings. The first-order valence-corrected chi connectivity index (χ1v) is 6.09. The first-order valence-electron chi connectivity index (χ1n) is 6.09. The van der Waals surface area contributed by atoms with Gasteiger partial charge in [0.1, 0.15) is 0 Å². The van der Waals surface area contributed by atoms with Crippen LogP contribution in [0, 0.1) is 22.5 Å². The number of benzene rings is 1. The van der Waals surface area contributed by atoms with Crippen LogP contribution in [0.5, 0.6) is 0 Å². The van der Waals surface area contributed by atoms with Crippen molar-refractivity contribution in [3.63, 3.8) is 0 Å². The van der Waals surface area contributed by atoms with Crippen LogP contribution >= 0.6 is 0 Å². The van der Waals surface area contributed by atoms with Crippen LogP contribution in [0.4, 0.5) is 5.69 Å². The lowest BCUT2D eigenvalue weighted by atomic mass is 9.93. The number of nitrogens with zero attached hydrogens (tertiary/aromatic N) is 1. The lowest BCUT2D eigenvalue weighted by Gasteiger charge is -2.25. The van der Waals surface area contributed by atoms with Crippen molar-refractivity contribution in [2.45, 2.75) is 20.4 Å². The summed E-state index contributed by atoms with van der Waals surface area (Å²) in [4.78, 5) is 10.4. The van der Waals surface area contributed by atoms with Gasteiger partial charge in [-0.15, -0.1) is 0 Å². The highest BCUT2D eigenvalue weighted by Gasteiger charge is 2.22. The van der Waals surface area contributed by atoms with E-state index in [1.54, 1.807) is 19.9 Å². The molecule has 19 heavy (non-hydrogen) atoms. The molecule has 1 aromatic carbocycles. The van der Waals surface area contributed by atoms with Crippen molar-refractivity contribution < 1.29 is 15.1 Å². The molecule has 0 spiro atoms. The zero-order valence-corrected chi connectivity index (χ0v) is 11.2. The maximum Gasteiger partial charge on any atom is 0.272 e. The van der Waals surface area contributed by atoms with Crippen molar-refractivity contribution in [1.29, 1.82) is 0 Å². The molecule has 0 saturated carbocycles. The van der Waals surface area contributed by atoms with E-state index in [2.05, 4.69) is 5.32 Å². The van der Waals surface area contributed by atoms with Crippen molar-refractivity contribution in [1.82, 2.24) is 5.32 Å². The fourth-order valence-corrected chi connectivity index (χ4v) is 1.72. The molecule has 0 unspecified atom stereocenters. The van der Waals surface area contributed by atoms with Crippen molar-refractivity contribution in [2.75, 3.05) is 19.8 Å². The van der Waals surface area contributed by atoms with Gasteiger partial charge in [0.2, 0.25) is 0 Å². The van der Waals surface area contributed by atoms with E-state index >= 15 is 0 Å². The Balaban J connectivity index is 2.69. The Morgan fingerprint density at radius 3 is 2.53 bits per heavy atom. The molecule has 6 heteroatoms. The van der Waals surface area contributed by atoms with Crippen molar-refractivity contribution >= 4 is 5.69 Å². The fourth-order valence-electron chi connectivity index (χ4n) is 1.72. The van der Waals surface area contributed by atoms with Crippen molar-refractivity contribution in [3.05, 3.63) is 39.4 Å². The monoisotopic (exact) mass is 268 g/mol. The van der Waals surface area contributed by atoms with Gasteiger partial charge >= 0.3 is 0 Å². The molecule has 0 aliphatic heterocycles. The van der Waals surface area contributed by atoms with Crippen LogP contribution in [-0.4, -0.2) is 34.9 Å². The van der Waals surface area contributed by atoms with E-state index in [-0.39, 0.29) is 18.9 Å². The zero-order valence-electron chi connectivity index (χ0n) is 11.2. The van der Waals surface area contributed by atoms with Crippen LogP contribution in [-0.2, 0) is 6.54 Å². The van der Waals surface area contributed by atoms with Crippen LogP contribution in [0.15, 0.2) is 18.2 Å². The molecule has 0 radical (unpaired) electrons. The van der Waals surface area contributed by atoms with E-state index in [0.717, 1.165) is 5.56 Å². The fraction of sp³-hybridized carbons (Fsp3) is 0.538. The van der Waals surface area contributed by atoms with Gasteiger partial charge in [-0.3, -0.25) is 10.1 Å². The molecule has 6 nitrogen and oxygen atoms in total. The Hall–Kier alpha value is -1.50. The van der Waals surface area contributed by atoms with Gasteiger partial charge in [0.25, 0.3) is 5.69 Å². The minimum atomic E-state index is -0.589. The highest BCUT2D eigenvalue weighted by Crippen LogP contribution is 2.21. The Morgan fingerprint density at radius 2 is 2.00 bits per heavy atom. The molecule has 1 aromatic rings. The summed E-state index contributed by atoms with van der Waals surface area (Å²) in [7, 11) is 0. The number of hydrogen-bond acceptors (Lipinski definition) is 5. The van der Waals surface area contributed by atoms with Gasteiger partial charge in [-0.05, 0) is 12.5 Å². The number of hydrogen-bond donors (Lipinski definition) is 3. The smallest absolute Gasteiger partial charge is 0.272 e. The minimum absolute atomic E-state index is 0.103. The minimum Gasteiger partial charge on any atom is -0.396 e. The number of rotatable bonds is 7. The summed E-state index contributed by atoms with van der Waals surface area (Å²) in [5.74, 6) is 0. The third-order valence-electron chi connectivity index (χ3n) is 3.24. The third-order valence-corrected chi connectivity index (χ3v) is 3.24. The van der Waals surface area contributed by atoms with Gasteiger partial charge in [0, 0.05) is 30.1 Å². The van der Waals surface area contributed by atoms with Gasteiger partial charge in [0.05, 0.1) is 18.1 Å². The van der Waals surface area contributed by atoms with E-state index in [0.29, 0.717) is 18.7 Å². The van der Waals surface area contributed by atoms with Crippen LogP contribution in [0.25, 0.3) is 0 Å². The van der Waals surface area contributed by atoms with Gasteiger partial charge in [0.15, 0.2) is 0 Å². The molecular weight excluding hydrogens is 248 g/mol. The van der Waals surface area contributed by atoms with E-state index < -0.39 is 10.3 Å². The maximum absolute atomic E-state index is 10.8. The summed E-state index contributed by atoms with van der Waals surface area (Å²) in [6, 6.07) is 4.95. The Morgan fingerprint density at radius 1 is 1.37 bits per heavy atom. The molecule has 0 amide bonds. The number of aliphatic hydroxyl groups excluding tert-OH is 2. The first-order chi connectivity index (χ1) is 8.93. The second-order valence-corrected chi connectivity index (χ2v) is 5.05. The molecule has 1 rings (SSSR count). The summed E-state index contributed by atoms with van der Waals surface area (Å²) in [6.07, 6.45) is 0.